The predicted molar refractivity (Wildman–Crippen MR) is 97.8 cm³/mol. The van der Waals surface area contributed by atoms with Crippen molar-refractivity contribution in [1.29, 1.82) is 0 Å². The zero-order valence-electron chi connectivity index (χ0n) is 14.9. The van der Waals surface area contributed by atoms with Crippen LogP contribution in [-0.2, 0) is 14.8 Å². The Hall–Kier alpha value is -2.51. The van der Waals surface area contributed by atoms with Crippen LogP contribution in [0.15, 0.2) is 47.4 Å². The summed E-state index contributed by atoms with van der Waals surface area (Å²) in [5.74, 6) is -0.970. The summed E-state index contributed by atoms with van der Waals surface area (Å²) in [6.07, 6.45) is 0. The van der Waals surface area contributed by atoms with Gasteiger partial charge in [0, 0.05) is 12.1 Å². The van der Waals surface area contributed by atoms with Gasteiger partial charge in [-0.25, -0.2) is 17.9 Å². The largest absolute Gasteiger partial charge is 0.454 e. The molecule has 2 aromatic carbocycles. The number of hydrogen-bond donors (Lipinski definition) is 1. The Balaban J connectivity index is 2.04. The Morgan fingerprint density at radius 2 is 1.69 bits per heavy atom. The average molecular weight is 375 g/mol. The lowest BCUT2D eigenvalue weighted by Crippen LogP contribution is -2.23. The van der Waals surface area contributed by atoms with Gasteiger partial charge in [-0.3, -0.25) is 4.79 Å². The van der Waals surface area contributed by atoms with Crippen LogP contribution in [0.4, 0.5) is 0 Å². The Morgan fingerprint density at radius 1 is 1.04 bits per heavy atom. The molecule has 0 aliphatic rings. The summed E-state index contributed by atoms with van der Waals surface area (Å²) in [5.41, 5.74) is 2.46. The molecule has 7 heteroatoms. The molecule has 0 saturated carbocycles. The van der Waals surface area contributed by atoms with Gasteiger partial charge >= 0.3 is 5.97 Å². The van der Waals surface area contributed by atoms with Crippen LogP contribution in [0.5, 0.6) is 0 Å². The third kappa shape index (κ3) is 4.77. The molecule has 1 N–H and O–H groups in total. The first kappa shape index (κ1) is 19.8. The van der Waals surface area contributed by atoms with Crippen molar-refractivity contribution in [3.05, 3.63) is 64.7 Å². The molecule has 2 aromatic rings. The molecule has 26 heavy (non-hydrogen) atoms. The molecule has 0 fully saturated rings. The number of carbonyl (C=O) groups is 2. The van der Waals surface area contributed by atoms with Gasteiger partial charge in [-0.1, -0.05) is 24.6 Å². The first-order chi connectivity index (χ1) is 12.2. The Morgan fingerprint density at radius 3 is 2.31 bits per heavy atom. The summed E-state index contributed by atoms with van der Waals surface area (Å²) in [4.78, 5) is 24.4. The van der Waals surface area contributed by atoms with Gasteiger partial charge in [-0.05, 0) is 49.7 Å². The number of nitrogens with one attached hydrogen (secondary N) is 1. The molecule has 0 amide bonds. The average Bonchev–Trinajstić information content (AvgIpc) is 2.61. The zero-order valence-corrected chi connectivity index (χ0v) is 15.7. The molecule has 6 nitrogen and oxygen atoms in total. The molecular weight excluding hydrogens is 354 g/mol. The zero-order chi connectivity index (χ0) is 19.3. The lowest BCUT2D eigenvalue weighted by molar-refractivity contribution is 0.0474. The molecule has 0 atom stereocenters. The molecule has 0 spiro atoms. The van der Waals surface area contributed by atoms with Crippen molar-refractivity contribution in [3.8, 4) is 0 Å². The van der Waals surface area contributed by atoms with E-state index >= 15 is 0 Å². The van der Waals surface area contributed by atoms with E-state index in [0.717, 1.165) is 11.1 Å². The van der Waals surface area contributed by atoms with Gasteiger partial charge in [-0.15, -0.1) is 0 Å². The number of rotatable bonds is 7. The molecular formula is C19H21NO5S. The minimum Gasteiger partial charge on any atom is -0.454 e. The molecule has 0 aliphatic carbocycles. The third-order valence-electron chi connectivity index (χ3n) is 3.76. The molecule has 2 rings (SSSR count). The van der Waals surface area contributed by atoms with Crippen molar-refractivity contribution in [2.75, 3.05) is 13.2 Å². The number of hydrogen-bond acceptors (Lipinski definition) is 5. The van der Waals surface area contributed by atoms with Crippen molar-refractivity contribution in [1.82, 2.24) is 4.72 Å². The lowest BCUT2D eigenvalue weighted by Gasteiger charge is -2.08. The van der Waals surface area contributed by atoms with Crippen molar-refractivity contribution in [2.45, 2.75) is 25.7 Å². The summed E-state index contributed by atoms with van der Waals surface area (Å²) in [6, 6.07) is 10.9. The van der Waals surface area contributed by atoms with E-state index in [-0.39, 0.29) is 29.4 Å². The molecule has 0 aromatic heterocycles. The Labute approximate surface area is 153 Å². The summed E-state index contributed by atoms with van der Waals surface area (Å²) >= 11 is 0. The summed E-state index contributed by atoms with van der Waals surface area (Å²) < 4.78 is 31.2. The van der Waals surface area contributed by atoms with E-state index in [2.05, 4.69) is 4.72 Å². The molecule has 0 aliphatic heterocycles. The highest BCUT2D eigenvalue weighted by Crippen LogP contribution is 2.14. The second-order valence-corrected chi connectivity index (χ2v) is 7.61. The van der Waals surface area contributed by atoms with E-state index in [1.165, 1.54) is 24.3 Å². The van der Waals surface area contributed by atoms with E-state index in [1.54, 1.807) is 13.0 Å². The molecule has 0 heterocycles. The van der Waals surface area contributed by atoms with E-state index in [0.29, 0.717) is 5.56 Å². The fraction of sp³-hybridized carbons (Fsp3) is 0.263. The second-order valence-electron chi connectivity index (χ2n) is 5.84. The third-order valence-corrected chi connectivity index (χ3v) is 5.32. The van der Waals surface area contributed by atoms with Crippen LogP contribution < -0.4 is 4.72 Å². The standard InChI is InChI=1S/C19H21NO5S/c1-4-20-26(23,24)16-9-7-15(8-10-16)19(22)25-12-18(21)17-11-13(2)5-6-14(17)3/h5-11,20H,4,12H2,1-3H3. The molecule has 138 valence electrons. The number of benzene rings is 2. The van der Waals surface area contributed by atoms with Gasteiger partial charge in [0.1, 0.15) is 0 Å². The number of Topliss-reactive ketones (excluding diaryl/α,β-unsaturated/α-hetero) is 1. The van der Waals surface area contributed by atoms with Gasteiger partial charge in [0.2, 0.25) is 15.8 Å². The Kier molecular flexibility index (Phi) is 6.28. The minimum absolute atomic E-state index is 0.0577. The number of esters is 1. The monoisotopic (exact) mass is 375 g/mol. The first-order valence-electron chi connectivity index (χ1n) is 8.12. The van der Waals surface area contributed by atoms with Crippen LogP contribution in [-0.4, -0.2) is 33.3 Å². The molecule has 0 saturated heterocycles. The minimum atomic E-state index is -3.58. The fourth-order valence-electron chi connectivity index (χ4n) is 2.37. The smallest absolute Gasteiger partial charge is 0.338 e. The summed E-state index contributed by atoms with van der Waals surface area (Å²) in [7, 11) is -3.58. The van der Waals surface area contributed by atoms with Crippen LogP contribution in [0, 0.1) is 13.8 Å². The molecule has 0 bridgehead atoms. The number of sulfonamides is 1. The van der Waals surface area contributed by atoms with E-state index < -0.39 is 16.0 Å². The van der Waals surface area contributed by atoms with Gasteiger partial charge in [-0.2, -0.15) is 0 Å². The number of ether oxygens (including phenoxy) is 1. The van der Waals surface area contributed by atoms with Crippen molar-refractivity contribution < 1.29 is 22.7 Å². The van der Waals surface area contributed by atoms with E-state index in [1.807, 2.05) is 26.0 Å². The van der Waals surface area contributed by atoms with Gasteiger partial charge in [0.15, 0.2) is 6.61 Å². The van der Waals surface area contributed by atoms with Crippen molar-refractivity contribution >= 4 is 21.8 Å². The van der Waals surface area contributed by atoms with Crippen LogP contribution >= 0.6 is 0 Å². The van der Waals surface area contributed by atoms with Crippen LogP contribution in [0.25, 0.3) is 0 Å². The maximum absolute atomic E-state index is 12.2. The van der Waals surface area contributed by atoms with Crippen LogP contribution in [0.1, 0.15) is 38.8 Å². The van der Waals surface area contributed by atoms with Crippen molar-refractivity contribution in [3.63, 3.8) is 0 Å². The van der Waals surface area contributed by atoms with Crippen LogP contribution in [0.2, 0.25) is 0 Å². The fourth-order valence-corrected chi connectivity index (χ4v) is 3.41. The highest BCUT2D eigenvalue weighted by molar-refractivity contribution is 7.89. The van der Waals surface area contributed by atoms with E-state index in [9.17, 15) is 18.0 Å². The SMILES string of the molecule is CCNS(=O)(=O)c1ccc(C(=O)OCC(=O)c2cc(C)ccc2C)cc1. The maximum atomic E-state index is 12.2. The molecule has 0 radical (unpaired) electrons. The summed E-state index contributed by atoms with van der Waals surface area (Å²) in [6.45, 7) is 5.27. The normalized spacial score (nSPS) is 11.2. The second kappa shape index (κ2) is 8.25. The summed E-state index contributed by atoms with van der Waals surface area (Å²) in [5, 5.41) is 0. The van der Waals surface area contributed by atoms with E-state index in [4.69, 9.17) is 4.74 Å². The van der Waals surface area contributed by atoms with Crippen molar-refractivity contribution in [2.24, 2.45) is 0 Å². The van der Waals surface area contributed by atoms with Gasteiger partial charge in [0.25, 0.3) is 0 Å². The van der Waals surface area contributed by atoms with Crippen LogP contribution in [0.3, 0.4) is 0 Å². The highest BCUT2D eigenvalue weighted by atomic mass is 32.2. The number of carbonyl (C=O) groups excluding carboxylic acids is 2. The first-order valence-corrected chi connectivity index (χ1v) is 9.60. The Bertz CT molecular complexity index is 917. The number of ketones is 1. The quantitative estimate of drug-likeness (QED) is 0.594. The predicted octanol–water partition coefficient (Wildman–Crippen LogP) is 2.64. The molecule has 0 unspecified atom stereocenters. The number of aryl methyl sites for hydroxylation is 2. The highest BCUT2D eigenvalue weighted by Gasteiger charge is 2.16. The maximum Gasteiger partial charge on any atom is 0.338 e. The topological polar surface area (TPSA) is 89.5 Å². The lowest BCUT2D eigenvalue weighted by atomic mass is 10.0. The van der Waals surface area contributed by atoms with Gasteiger partial charge in [0.05, 0.1) is 10.5 Å². The van der Waals surface area contributed by atoms with Gasteiger partial charge < -0.3 is 4.74 Å².